The maximum atomic E-state index is 4.46. The van der Waals surface area contributed by atoms with Crippen molar-refractivity contribution in [1.82, 2.24) is 14.9 Å². The van der Waals surface area contributed by atoms with Crippen LogP contribution in [0.15, 0.2) is 12.4 Å². The summed E-state index contributed by atoms with van der Waals surface area (Å²) in [6, 6.07) is 0. The minimum absolute atomic E-state index is 0.155. The predicted octanol–water partition coefficient (Wildman–Crippen LogP) is 3.35. The second kappa shape index (κ2) is 5.87. The Kier molecular flexibility index (Phi) is 4.44. The van der Waals surface area contributed by atoms with E-state index in [1.165, 1.54) is 37.9 Å². The van der Waals surface area contributed by atoms with Gasteiger partial charge in [0.1, 0.15) is 5.82 Å². The zero-order valence-electron chi connectivity index (χ0n) is 12.1. The van der Waals surface area contributed by atoms with Gasteiger partial charge in [0, 0.05) is 24.5 Å². The van der Waals surface area contributed by atoms with Gasteiger partial charge in [-0.15, -0.1) is 0 Å². The largest absolute Gasteiger partial charge is 0.334 e. The van der Waals surface area contributed by atoms with E-state index in [9.17, 15) is 0 Å². The van der Waals surface area contributed by atoms with Crippen LogP contribution in [0.2, 0.25) is 0 Å². The molecule has 1 fully saturated rings. The molecule has 0 saturated heterocycles. The van der Waals surface area contributed by atoms with E-state index in [0.29, 0.717) is 0 Å². The van der Waals surface area contributed by atoms with Crippen molar-refractivity contribution in [3.05, 3.63) is 18.2 Å². The highest BCUT2D eigenvalue weighted by Gasteiger charge is 2.16. The summed E-state index contributed by atoms with van der Waals surface area (Å²) in [5, 5.41) is 3.51. The van der Waals surface area contributed by atoms with Crippen molar-refractivity contribution in [3.8, 4) is 0 Å². The standard InChI is InChI=1S/C15H27N3/c1-15(2,3)17-12-14-16-9-11-18(14)10-8-13-6-4-5-7-13/h9,11,13,17H,4-8,10,12H2,1-3H3. The lowest BCUT2D eigenvalue weighted by atomic mass is 10.0. The molecule has 3 heteroatoms. The van der Waals surface area contributed by atoms with Gasteiger partial charge in [-0.3, -0.25) is 0 Å². The average Bonchev–Trinajstić information content (AvgIpc) is 2.94. The van der Waals surface area contributed by atoms with Crippen LogP contribution < -0.4 is 5.32 Å². The molecule has 1 aliphatic carbocycles. The Labute approximate surface area is 111 Å². The van der Waals surface area contributed by atoms with Crippen molar-refractivity contribution in [2.75, 3.05) is 0 Å². The topological polar surface area (TPSA) is 29.9 Å². The average molecular weight is 249 g/mol. The molecule has 0 amide bonds. The van der Waals surface area contributed by atoms with Crippen molar-refractivity contribution < 1.29 is 0 Å². The van der Waals surface area contributed by atoms with Crippen molar-refractivity contribution in [2.24, 2.45) is 5.92 Å². The van der Waals surface area contributed by atoms with Gasteiger partial charge in [-0.25, -0.2) is 4.98 Å². The second-order valence-corrected chi connectivity index (χ2v) is 6.58. The minimum Gasteiger partial charge on any atom is -0.334 e. The molecule has 0 unspecified atom stereocenters. The van der Waals surface area contributed by atoms with Crippen LogP contribution in [0.4, 0.5) is 0 Å². The molecule has 1 saturated carbocycles. The molecule has 1 heterocycles. The predicted molar refractivity (Wildman–Crippen MR) is 75.4 cm³/mol. The van der Waals surface area contributed by atoms with E-state index < -0.39 is 0 Å². The first-order chi connectivity index (χ1) is 8.54. The highest BCUT2D eigenvalue weighted by molar-refractivity contribution is 4.93. The van der Waals surface area contributed by atoms with Crippen LogP contribution in [-0.2, 0) is 13.1 Å². The Balaban J connectivity index is 1.83. The van der Waals surface area contributed by atoms with Crippen molar-refractivity contribution in [3.63, 3.8) is 0 Å². The molecule has 0 radical (unpaired) electrons. The van der Waals surface area contributed by atoms with Gasteiger partial charge in [-0.2, -0.15) is 0 Å². The molecule has 2 rings (SSSR count). The Morgan fingerprint density at radius 1 is 1.33 bits per heavy atom. The molecule has 0 atom stereocenters. The maximum absolute atomic E-state index is 4.46. The number of aryl methyl sites for hydroxylation is 1. The van der Waals surface area contributed by atoms with E-state index in [1.807, 2.05) is 6.20 Å². The van der Waals surface area contributed by atoms with Gasteiger partial charge in [-0.05, 0) is 33.1 Å². The van der Waals surface area contributed by atoms with Gasteiger partial charge in [0.15, 0.2) is 0 Å². The normalized spacial score (nSPS) is 17.5. The zero-order valence-corrected chi connectivity index (χ0v) is 12.1. The third-order valence-corrected chi connectivity index (χ3v) is 3.83. The Hall–Kier alpha value is -0.830. The molecule has 1 N–H and O–H groups in total. The highest BCUT2D eigenvalue weighted by atomic mass is 15.1. The molecule has 3 nitrogen and oxygen atoms in total. The molecule has 1 aromatic rings. The Morgan fingerprint density at radius 3 is 2.72 bits per heavy atom. The first kappa shape index (κ1) is 13.6. The van der Waals surface area contributed by atoms with Crippen molar-refractivity contribution in [1.29, 1.82) is 0 Å². The summed E-state index contributed by atoms with van der Waals surface area (Å²) < 4.78 is 2.32. The SMILES string of the molecule is CC(C)(C)NCc1nccn1CCC1CCCC1. The molecule has 1 aromatic heterocycles. The quantitative estimate of drug-likeness (QED) is 0.867. The van der Waals surface area contributed by atoms with E-state index >= 15 is 0 Å². The first-order valence-corrected chi connectivity index (χ1v) is 7.30. The molecule has 0 spiro atoms. The Bertz CT molecular complexity index is 356. The van der Waals surface area contributed by atoms with E-state index in [-0.39, 0.29) is 5.54 Å². The third-order valence-electron chi connectivity index (χ3n) is 3.83. The van der Waals surface area contributed by atoms with Gasteiger partial charge < -0.3 is 9.88 Å². The monoisotopic (exact) mass is 249 g/mol. The third kappa shape index (κ3) is 4.13. The molecule has 0 aliphatic heterocycles. The number of imidazole rings is 1. The first-order valence-electron chi connectivity index (χ1n) is 7.30. The lowest BCUT2D eigenvalue weighted by Gasteiger charge is -2.21. The van der Waals surface area contributed by atoms with Gasteiger partial charge in [0.05, 0.1) is 6.54 Å². The summed E-state index contributed by atoms with van der Waals surface area (Å²) in [5.74, 6) is 2.12. The van der Waals surface area contributed by atoms with Crippen LogP contribution in [0.3, 0.4) is 0 Å². The fourth-order valence-electron chi connectivity index (χ4n) is 2.68. The van der Waals surface area contributed by atoms with Crippen LogP contribution >= 0.6 is 0 Å². The lowest BCUT2D eigenvalue weighted by Crippen LogP contribution is -2.36. The number of nitrogens with one attached hydrogen (secondary N) is 1. The second-order valence-electron chi connectivity index (χ2n) is 6.58. The van der Waals surface area contributed by atoms with Gasteiger partial charge in [0.25, 0.3) is 0 Å². The van der Waals surface area contributed by atoms with Crippen LogP contribution in [0.5, 0.6) is 0 Å². The molecule has 0 bridgehead atoms. The molecule has 0 aromatic carbocycles. The number of nitrogens with zero attached hydrogens (tertiary/aromatic N) is 2. The number of hydrogen-bond donors (Lipinski definition) is 1. The number of rotatable bonds is 5. The molecular formula is C15H27N3. The Morgan fingerprint density at radius 2 is 2.06 bits per heavy atom. The number of hydrogen-bond acceptors (Lipinski definition) is 2. The van der Waals surface area contributed by atoms with Gasteiger partial charge in [0.2, 0.25) is 0 Å². The van der Waals surface area contributed by atoms with E-state index in [0.717, 1.165) is 19.0 Å². The van der Waals surface area contributed by atoms with Crippen LogP contribution in [0.1, 0.15) is 58.7 Å². The summed E-state index contributed by atoms with van der Waals surface area (Å²) in [4.78, 5) is 4.46. The lowest BCUT2D eigenvalue weighted by molar-refractivity contribution is 0.402. The summed E-state index contributed by atoms with van der Waals surface area (Å²) in [6.07, 6.45) is 11.1. The zero-order chi connectivity index (χ0) is 13.0. The fraction of sp³-hybridized carbons (Fsp3) is 0.800. The van der Waals surface area contributed by atoms with Gasteiger partial charge >= 0.3 is 0 Å². The minimum atomic E-state index is 0.155. The van der Waals surface area contributed by atoms with Crippen LogP contribution in [0.25, 0.3) is 0 Å². The summed E-state index contributed by atoms with van der Waals surface area (Å²) in [5.41, 5.74) is 0.155. The van der Waals surface area contributed by atoms with Crippen LogP contribution in [-0.4, -0.2) is 15.1 Å². The maximum Gasteiger partial charge on any atom is 0.122 e. The summed E-state index contributed by atoms with van der Waals surface area (Å²) in [7, 11) is 0. The van der Waals surface area contributed by atoms with Crippen LogP contribution in [0, 0.1) is 5.92 Å². The van der Waals surface area contributed by atoms with E-state index in [4.69, 9.17) is 0 Å². The summed E-state index contributed by atoms with van der Waals surface area (Å²) >= 11 is 0. The van der Waals surface area contributed by atoms with Crippen molar-refractivity contribution in [2.45, 2.75) is 71.5 Å². The van der Waals surface area contributed by atoms with Crippen molar-refractivity contribution >= 4 is 0 Å². The molecule has 102 valence electrons. The molecular weight excluding hydrogens is 222 g/mol. The summed E-state index contributed by atoms with van der Waals surface area (Å²) in [6.45, 7) is 8.57. The van der Waals surface area contributed by atoms with E-state index in [2.05, 4.69) is 41.8 Å². The molecule has 18 heavy (non-hydrogen) atoms. The van der Waals surface area contributed by atoms with E-state index in [1.54, 1.807) is 0 Å². The van der Waals surface area contributed by atoms with Gasteiger partial charge in [-0.1, -0.05) is 25.7 Å². The number of aromatic nitrogens is 2. The molecule has 1 aliphatic rings. The smallest absolute Gasteiger partial charge is 0.122 e. The highest BCUT2D eigenvalue weighted by Crippen LogP contribution is 2.27. The fourth-order valence-corrected chi connectivity index (χ4v) is 2.68.